The third-order valence-electron chi connectivity index (χ3n) is 4.71. The van der Waals surface area contributed by atoms with Crippen molar-refractivity contribution in [2.24, 2.45) is 17.1 Å². The van der Waals surface area contributed by atoms with Crippen LogP contribution in [0.2, 0.25) is 0 Å². The number of nitrogens with one attached hydrogen (secondary N) is 1. The summed E-state index contributed by atoms with van der Waals surface area (Å²) in [6.45, 7) is 6.04. The molecule has 1 heterocycles. The quantitative estimate of drug-likeness (QED) is 0.813. The van der Waals surface area contributed by atoms with E-state index in [0.717, 1.165) is 25.7 Å². The number of nitrogens with zero attached hydrogens (tertiary/aromatic N) is 1. The first-order valence-electron chi connectivity index (χ1n) is 7.93. The number of ether oxygens (including phenoxy) is 1. The minimum atomic E-state index is -0.350. The van der Waals surface area contributed by atoms with Crippen molar-refractivity contribution < 1.29 is 14.3 Å². The standard InChI is InChI=1S/C15H27N3O3/c1-3-21-14(20)18-6-4-12(5-7-18)17-13(19)15(10-16)8-11(2)9-15/h11-12H,3-10,16H2,1-2H3,(H,17,19). The molecule has 2 fully saturated rings. The van der Waals surface area contributed by atoms with Crippen LogP contribution in [0.15, 0.2) is 0 Å². The van der Waals surface area contributed by atoms with Crippen LogP contribution in [0.4, 0.5) is 4.79 Å². The largest absolute Gasteiger partial charge is 0.450 e. The van der Waals surface area contributed by atoms with Crippen molar-refractivity contribution in [2.45, 2.75) is 45.6 Å². The third kappa shape index (κ3) is 3.48. The average Bonchev–Trinajstić information content (AvgIpc) is 2.44. The van der Waals surface area contributed by atoms with Gasteiger partial charge in [-0.15, -0.1) is 0 Å². The number of rotatable bonds is 4. The first-order valence-corrected chi connectivity index (χ1v) is 7.93. The smallest absolute Gasteiger partial charge is 0.409 e. The van der Waals surface area contributed by atoms with E-state index in [1.165, 1.54) is 0 Å². The number of likely N-dealkylation sites (tertiary alicyclic amines) is 1. The molecule has 0 aromatic heterocycles. The number of hydrogen-bond acceptors (Lipinski definition) is 4. The van der Waals surface area contributed by atoms with Crippen molar-refractivity contribution >= 4 is 12.0 Å². The molecule has 2 amide bonds. The predicted molar refractivity (Wildman–Crippen MR) is 79.6 cm³/mol. The fourth-order valence-electron chi connectivity index (χ4n) is 3.48. The molecule has 0 aromatic rings. The van der Waals surface area contributed by atoms with Gasteiger partial charge >= 0.3 is 6.09 Å². The molecule has 120 valence electrons. The van der Waals surface area contributed by atoms with Crippen LogP contribution in [-0.2, 0) is 9.53 Å². The average molecular weight is 297 g/mol. The van der Waals surface area contributed by atoms with Gasteiger partial charge in [-0.25, -0.2) is 4.79 Å². The van der Waals surface area contributed by atoms with Crippen LogP contribution in [-0.4, -0.2) is 49.2 Å². The van der Waals surface area contributed by atoms with E-state index < -0.39 is 0 Å². The van der Waals surface area contributed by atoms with Crippen LogP contribution in [0.5, 0.6) is 0 Å². The maximum Gasteiger partial charge on any atom is 0.409 e. The first kappa shape index (κ1) is 16.1. The van der Waals surface area contributed by atoms with Gasteiger partial charge in [0.25, 0.3) is 0 Å². The lowest BCUT2D eigenvalue weighted by Crippen LogP contribution is -2.57. The second kappa shape index (κ2) is 6.64. The van der Waals surface area contributed by atoms with Crippen molar-refractivity contribution in [3.8, 4) is 0 Å². The highest BCUT2D eigenvalue weighted by molar-refractivity contribution is 5.84. The molecule has 0 bridgehead atoms. The van der Waals surface area contributed by atoms with E-state index in [4.69, 9.17) is 10.5 Å². The van der Waals surface area contributed by atoms with E-state index >= 15 is 0 Å². The van der Waals surface area contributed by atoms with E-state index in [1.807, 2.05) is 0 Å². The number of amides is 2. The molecule has 0 radical (unpaired) electrons. The zero-order valence-electron chi connectivity index (χ0n) is 13.1. The summed E-state index contributed by atoms with van der Waals surface area (Å²) in [6, 6.07) is 0.141. The van der Waals surface area contributed by atoms with Crippen molar-refractivity contribution in [1.29, 1.82) is 0 Å². The van der Waals surface area contributed by atoms with Crippen LogP contribution < -0.4 is 11.1 Å². The van der Waals surface area contributed by atoms with Crippen LogP contribution in [0.25, 0.3) is 0 Å². The molecule has 21 heavy (non-hydrogen) atoms. The van der Waals surface area contributed by atoms with Gasteiger partial charge in [0.15, 0.2) is 0 Å². The summed E-state index contributed by atoms with van der Waals surface area (Å²) in [6.07, 6.45) is 3.07. The molecular weight excluding hydrogens is 270 g/mol. The third-order valence-corrected chi connectivity index (χ3v) is 4.71. The molecule has 6 heteroatoms. The van der Waals surface area contributed by atoms with Crippen LogP contribution in [0.3, 0.4) is 0 Å². The SMILES string of the molecule is CCOC(=O)N1CCC(NC(=O)C2(CN)CC(C)C2)CC1. The van der Waals surface area contributed by atoms with E-state index in [9.17, 15) is 9.59 Å². The lowest BCUT2D eigenvalue weighted by molar-refractivity contribution is -0.139. The Balaban J connectivity index is 1.78. The van der Waals surface area contributed by atoms with Gasteiger partial charge in [-0.2, -0.15) is 0 Å². The molecule has 0 unspecified atom stereocenters. The fourth-order valence-corrected chi connectivity index (χ4v) is 3.48. The van der Waals surface area contributed by atoms with Crippen molar-refractivity contribution in [3.05, 3.63) is 0 Å². The summed E-state index contributed by atoms with van der Waals surface area (Å²) < 4.78 is 4.99. The van der Waals surface area contributed by atoms with Gasteiger partial charge in [0.1, 0.15) is 0 Å². The molecule has 1 aliphatic heterocycles. The Kier molecular flexibility index (Phi) is 5.08. The van der Waals surface area contributed by atoms with Gasteiger partial charge in [-0.05, 0) is 38.5 Å². The second-order valence-electron chi connectivity index (χ2n) is 6.43. The van der Waals surface area contributed by atoms with Crippen molar-refractivity contribution in [1.82, 2.24) is 10.2 Å². The number of carbonyl (C=O) groups excluding carboxylic acids is 2. The Hall–Kier alpha value is -1.30. The zero-order chi connectivity index (χ0) is 15.5. The predicted octanol–water partition coefficient (Wildman–Crippen LogP) is 1.10. The topological polar surface area (TPSA) is 84.7 Å². The Morgan fingerprint density at radius 3 is 2.43 bits per heavy atom. The van der Waals surface area contributed by atoms with Gasteiger partial charge in [0.2, 0.25) is 5.91 Å². The number of nitrogens with two attached hydrogens (primary N) is 1. The van der Waals surface area contributed by atoms with Crippen LogP contribution >= 0.6 is 0 Å². The number of carbonyl (C=O) groups is 2. The normalized spacial score (nSPS) is 29.7. The van der Waals surface area contributed by atoms with Gasteiger partial charge in [0.05, 0.1) is 12.0 Å². The summed E-state index contributed by atoms with van der Waals surface area (Å²) in [5, 5.41) is 3.13. The lowest BCUT2D eigenvalue weighted by Gasteiger charge is -2.45. The molecule has 1 aliphatic carbocycles. The van der Waals surface area contributed by atoms with Gasteiger partial charge in [-0.1, -0.05) is 6.92 Å². The van der Waals surface area contributed by atoms with Gasteiger partial charge in [-0.3, -0.25) is 4.79 Å². The summed E-state index contributed by atoms with van der Waals surface area (Å²) in [4.78, 5) is 25.7. The van der Waals surface area contributed by atoms with Crippen LogP contribution in [0.1, 0.15) is 39.5 Å². The van der Waals surface area contributed by atoms with Crippen molar-refractivity contribution in [2.75, 3.05) is 26.2 Å². The summed E-state index contributed by atoms with van der Waals surface area (Å²) in [5.74, 6) is 0.683. The number of piperidine rings is 1. The van der Waals surface area contributed by atoms with Crippen LogP contribution in [0, 0.1) is 11.3 Å². The monoisotopic (exact) mass is 297 g/mol. The minimum Gasteiger partial charge on any atom is -0.450 e. The summed E-state index contributed by atoms with van der Waals surface area (Å²) in [5.41, 5.74) is 5.45. The maximum absolute atomic E-state index is 12.4. The van der Waals surface area contributed by atoms with Crippen molar-refractivity contribution in [3.63, 3.8) is 0 Å². The zero-order valence-corrected chi connectivity index (χ0v) is 13.1. The fraction of sp³-hybridized carbons (Fsp3) is 0.867. The summed E-state index contributed by atoms with van der Waals surface area (Å²) in [7, 11) is 0. The van der Waals surface area contributed by atoms with Gasteiger partial charge < -0.3 is 20.7 Å². The molecule has 0 atom stereocenters. The van der Waals surface area contributed by atoms with E-state index in [-0.39, 0.29) is 23.5 Å². The van der Waals surface area contributed by atoms with E-state index in [1.54, 1.807) is 11.8 Å². The molecule has 1 saturated heterocycles. The molecule has 2 aliphatic rings. The molecular formula is C15H27N3O3. The molecule has 1 saturated carbocycles. The first-order chi connectivity index (χ1) is 10.0. The van der Waals surface area contributed by atoms with Gasteiger partial charge in [0, 0.05) is 25.7 Å². The molecule has 2 rings (SSSR count). The lowest BCUT2D eigenvalue weighted by atomic mass is 9.62. The Morgan fingerprint density at radius 2 is 1.95 bits per heavy atom. The highest BCUT2D eigenvalue weighted by Crippen LogP contribution is 2.44. The Morgan fingerprint density at radius 1 is 1.33 bits per heavy atom. The Bertz CT molecular complexity index is 386. The Labute approximate surface area is 126 Å². The minimum absolute atomic E-state index is 0.0951. The molecule has 3 N–H and O–H groups in total. The van der Waals surface area contributed by atoms with E-state index in [2.05, 4.69) is 12.2 Å². The highest BCUT2D eigenvalue weighted by atomic mass is 16.6. The highest BCUT2D eigenvalue weighted by Gasteiger charge is 2.47. The summed E-state index contributed by atoms with van der Waals surface area (Å²) >= 11 is 0. The number of hydrogen-bond donors (Lipinski definition) is 2. The molecule has 0 aromatic carbocycles. The molecule has 0 spiro atoms. The maximum atomic E-state index is 12.4. The second-order valence-corrected chi connectivity index (χ2v) is 6.43. The molecule has 6 nitrogen and oxygen atoms in total. The van der Waals surface area contributed by atoms with E-state index in [0.29, 0.717) is 32.2 Å².